The van der Waals surface area contributed by atoms with Crippen LogP contribution in [0.4, 0.5) is 0 Å². The number of methoxy groups -OCH3 is 1. The third-order valence-corrected chi connectivity index (χ3v) is 7.72. The van der Waals surface area contributed by atoms with Gasteiger partial charge in [0.2, 0.25) is 0 Å². The molecule has 3 aromatic heterocycles. The molecule has 2 unspecified atom stereocenters. The Bertz CT molecular complexity index is 1560. The topological polar surface area (TPSA) is 96.9 Å². The standard InChI is InChI=1S/C31H36N4O4/c1-18-12-19(2)34-31(37)27(18)15-33-30(36)26-14-24-13-23(22-6-8-25(38-5)9-7-22)17-35(24)29(20(26)3)21(4)28-16-32-10-11-39-28/h6-9,12-14,17,21,28,32H,10-11,15-16H2,1-5H3,(H,33,36)(H,34,37). The van der Waals surface area contributed by atoms with Crippen molar-refractivity contribution in [2.75, 3.05) is 26.8 Å². The molecule has 0 saturated carbocycles. The van der Waals surface area contributed by atoms with E-state index in [1.165, 1.54) is 0 Å². The largest absolute Gasteiger partial charge is 0.497 e. The van der Waals surface area contributed by atoms with Crippen molar-refractivity contribution < 1.29 is 14.3 Å². The number of carbonyl (C=O) groups is 1. The molecule has 2 atom stereocenters. The van der Waals surface area contributed by atoms with Gasteiger partial charge >= 0.3 is 0 Å². The van der Waals surface area contributed by atoms with Gasteiger partial charge in [0.1, 0.15) is 5.75 Å². The minimum Gasteiger partial charge on any atom is -0.497 e. The lowest BCUT2D eigenvalue weighted by molar-refractivity contribution is 0.0135. The van der Waals surface area contributed by atoms with E-state index in [0.717, 1.165) is 58.0 Å². The lowest BCUT2D eigenvalue weighted by Gasteiger charge is -2.31. The molecule has 204 valence electrons. The third kappa shape index (κ3) is 5.35. The van der Waals surface area contributed by atoms with E-state index in [1.54, 1.807) is 7.11 Å². The number of hydrogen-bond acceptors (Lipinski definition) is 5. The van der Waals surface area contributed by atoms with Crippen LogP contribution in [-0.4, -0.2) is 48.2 Å². The fourth-order valence-electron chi connectivity index (χ4n) is 5.56. The summed E-state index contributed by atoms with van der Waals surface area (Å²) in [6.45, 7) is 10.3. The van der Waals surface area contributed by atoms with Gasteiger partial charge in [-0.1, -0.05) is 19.1 Å². The molecule has 1 aromatic carbocycles. The number of hydrogen-bond donors (Lipinski definition) is 3. The molecule has 39 heavy (non-hydrogen) atoms. The van der Waals surface area contributed by atoms with Crippen LogP contribution in [0.1, 0.15) is 51.3 Å². The zero-order chi connectivity index (χ0) is 27.7. The Morgan fingerprint density at radius 3 is 2.59 bits per heavy atom. The van der Waals surface area contributed by atoms with Crippen LogP contribution in [0.3, 0.4) is 0 Å². The van der Waals surface area contributed by atoms with Crippen LogP contribution in [0, 0.1) is 20.8 Å². The molecule has 0 aliphatic carbocycles. The number of morpholine rings is 1. The van der Waals surface area contributed by atoms with Crippen molar-refractivity contribution >= 4 is 11.4 Å². The van der Waals surface area contributed by atoms with E-state index in [0.29, 0.717) is 17.7 Å². The molecule has 4 aromatic rings. The number of amides is 1. The van der Waals surface area contributed by atoms with Crippen molar-refractivity contribution in [2.45, 2.75) is 46.3 Å². The number of nitrogens with one attached hydrogen (secondary N) is 3. The Balaban J connectivity index is 1.55. The number of nitrogens with zero attached hydrogens (tertiary/aromatic N) is 1. The van der Waals surface area contributed by atoms with Crippen LogP contribution in [-0.2, 0) is 11.3 Å². The summed E-state index contributed by atoms with van der Waals surface area (Å²) in [4.78, 5) is 28.9. The fourth-order valence-corrected chi connectivity index (χ4v) is 5.56. The summed E-state index contributed by atoms with van der Waals surface area (Å²) in [5, 5.41) is 6.42. The summed E-state index contributed by atoms with van der Waals surface area (Å²) in [7, 11) is 1.66. The van der Waals surface area contributed by atoms with Crippen molar-refractivity contribution in [1.29, 1.82) is 0 Å². The van der Waals surface area contributed by atoms with E-state index in [1.807, 2.05) is 57.2 Å². The van der Waals surface area contributed by atoms with Gasteiger partial charge in [-0.05, 0) is 67.8 Å². The number of benzene rings is 1. The number of pyridine rings is 2. The Morgan fingerprint density at radius 2 is 1.92 bits per heavy atom. The highest BCUT2D eigenvalue weighted by molar-refractivity contribution is 5.97. The predicted octanol–water partition coefficient (Wildman–Crippen LogP) is 4.25. The van der Waals surface area contributed by atoms with Gasteiger partial charge in [-0.3, -0.25) is 9.59 Å². The average molecular weight is 529 g/mol. The van der Waals surface area contributed by atoms with Crippen LogP contribution < -0.4 is 20.9 Å². The number of rotatable bonds is 7. The molecule has 1 aliphatic heterocycles. The van der Waals surface area contributed by atoms with E-state index in [4.69, 9.17) is 9.47 Å². The Kier molecular flexibility index (Phi) is 7.59. The highest BCUT2D eigenvalue weighted by atomic mass is 16.5. The average Bonchev–Trinajstić information content (AvgIpc) is 3.36. The third-order valence-electron chi connectivity index (χ3n) is 7.72. The molecule has 8 heteroatoms. The molecule has 4 heterocycles. The fraction of sp³-hybridized carbons (Fsp3) is 0.355. The normalized spacial score (nSPS) is 16.3. The van der Waals surface area contributed by atoms with Crippen LogP contribution in [0.15, 0.2) is 53.5 Å². The number of aryl methyl sites for hydroxylation is 2. The number of H-pyrrole nitrogens is 1. The maximum absolute atomic E-state index is 13.6. The molecule has 0 radical (unpaired) electrons. The SMILES string of the molecule is COc1ccc(-c2cc3cc(C(=O)NCc4c(C)cc(C)[nH]c4=O)c(C)c(C(C)C4CNCCO4)n3c2)cc1. The second-order valence-corrected chi connectivity index (χ2v) is 10.3. The minimum absolute atomic E-state index is 0.0143. The van der Waals surface area contributed by atoms with Gasteiger partial charge in [0.15, 0.2) is 0 Å². The van der Waals surface area contributed by atoms with Crippen molar-refractivity contribution in [3.8, 4) is 16.9 Å². The molecule has 0 spiro atoms. The van der Waals surface area contributed by atoms with Crippen LogP contribution in [0.2, 0.25) is 0 Å². The van der Waals surface area contributed by atoms with Crippen molar-refractivity contribution in [3.05, 3.63) is 92.7 Å². The molecule has 1 aliphatic rings. The number of carbonyl (C=O) groups excluding carboxylic acids is 1. The Labute approximate surface area is 228 Å². The van der Waals surface area contributed by atoms with Crippen LogP contribution >= 0.6 is 0 Å². The molecule has 1 amide bonds. The quantitative estimate of drug-likeness (QED) is 0.333. The van der Waals surface area contributed by atoms with Crippen molar-refractivity contribution in [3.63, 3.8) is 0 Å². The van der Waals surface area contributed by atoms with E-state index >= 15 is 0 Å². The lowest BCUT2D eigenvalue weighted by Crippen LogP contribution is -2.41. The van der Waals surface area contributed by atoms with Crippen LogP contribution in [0.25, 0.3) is 16.6 Å². The van der Waals surface area contributed by atoms with Gasteiger partial charge in [0.05, 0.1) is 19.8 Å². The maximum Gasteiger partial charge on any atom is 0.253 e. The highest BCUT2D eigenvalue weighted by Crippen LogP contribution is 2.33. The molecular weight excluding hydrogens is 492 g/mol. The molecule has 3 N–H and O–H groups in total. The minimum atomic E-state index is -0.210. The molecule has 1 saturated heterocycles. The number of fused-ring (bicyclic) bond motifs is 1. The maximum atomic E-state index is 13.6. The summed E-state index contributed by atoms with van der Waals surface area (Å²) in [5.41, 5.74) is 7.60. The van der Waals surface area contributed by atoms with Gasteiger partial charge in [0.25, 0.3) is 11.5 Å². The van der Waals surface area contributed by atoms with Crippen molar-refractivity contribution in [2.24, 2.45) is 0 Å². The first-order valence-corrected chi connectivity index (χ1v) is 13.4. The summed E-state index contributed by atoms with van der Waals surface area (Å²) >= 11 is 0. The summed E-state index contributed by atoms with van der Waals surface area (Å²) < 4.78 is 13.6. The predicted molar refractivity (Wildman–Crippen MR) is 153 cm³/mol. The summed E-state index contributed by atoms with van der Waals surface area (Å²) in [5.74, 6) is 0.625. The first-order valence-electron chi connectivity index (χ1n) is 13.4. The molecule has 0 bridgehead atoms. The first-order chi connectivity index (χ1) is 18.8. The second kappa shape index (κ2) is 11.1. The summed E-state index contributed by atoms with van der Waals surface area (Å²) in [6.07, 6.45) is 2.11. The van der Waals surface area contributed by atoms with E-state index in [2.05, 4.69) is 39.2 Å². The monoisotopic (exact) mass is 528 g/mol. The second-order valence-electron chi connectivity index (χ2n) is 10.3. The number of aromatic amines is 1. The Hall–Kier alpha value is -3.88. The number of aromatic nitrogens is 2. The molecule has 1 fully saturated rings. The molecule has 8 nitrogen and oxygen atoms in total. The number of ether oxygens (including phenoxy) is 2. The zero-order valence-corrected chi connectivity index (χ0v) is 23.2. The van der Waals surface area contributed by atoms with Gasteiger partial charge in [0, 0.05) is 65.3 Å². The smallest absolute Gasteiger partial charge is 0.253 e. The summed E-state index contributed by atoms with van der Waals surface area (Å²) in [6, 6.07) is 13.9. The van der Waals surface area contributed by atoms with E-state index in [9.17, 15) is 9.59 Å². The Morgan fingerprint density at radius 1 is 1.15 bits per heavy atom. The lowest BCUT2D eigenvalue weighted by atomic mass is 9.92. The van der Waals surface area contributed by atoms with E-state index in [-0.39, 0.29) is 30.0 Å². The molecule has 5 rings (SSSR count). The van der Waals surface area contributed by atoms with Gasteiger partial charge in [-0.15, -0.1) is 0 Å². The molecular formula is C31H36N4O4. The highest BCUT2D eigenvalue weighted by Gasteiger charge is 2.28. The van der Waals surface area contributed by atoms with Crippen LogP contribution in [0.5, 0.6) is 5.75 Å². The van der Waals surface area contributed by atoms with Gasteiger partial charge in [-0.2, -0.15) is 0 Å². The van der Waals surface area contributed by atoms with Gasteiger partial charge < -0.3 is 29.5 Å². The van der Waals surface area contributed by atoms with E-state index < -0.39 is 0 Å². The zero-order valence-electron chi connectivity index (χ0n) is 23.2. The first kappa shape index (κ1) is 26.7. The van der Waals surface area contributed by atoms with Gasteiger partial charge in [-0.25, -0.2) is 0 Å². The van der Waals surface area contributed by atoms with Crippen molar-refractivity contribution in [1.82, 2.24) is 20.0 Å².